The van der Waals surface area contributed by atoms with Crippen molar-refractivity contribution in [1.82, 2.24) is 14.9 Å². The third-order valence-electron chi connectivity index (χ3n) is 4.05. The molecule has 3 N–H and O–H groups in total. The number of nitrogens with zero attached hydrogens (tertiary/aromatic N) is 1. The quantitative estimate of drug-likeness (QED) is 0.642. The smallest absolute Gasteiger partial charge is 0.330 e. The average molecular weight is 361 g/mol. The second-order valence-electron chi connectivity index (χ2n) is 5.99. The van der Waals surface area contributed by atoms with E-state index < -0.39 is 29.7 Å². The SMILES string of the molecule is Cc1cn([C@H]2C[C@H](O)[C@@H](/C=C/C(=O)NCc3ccco3)O2)c(=O)[nH]c1=O. The summed E-state index contributed by atoms with van der Waals surface area (Å²) in [6.45, 7) is 1.82. The summed E-state index contributed by atoms with van der Waals surface area (Å²) in [7, 11) is 0. The van der Waals surface area contributed by atoms with Gasteiger partial charge in [0.25, 0.3) is 5.56 Å². The van der Waals surface area contributed by atoms with E-state index in [4.69, 9.17) is 9.15 Å². The van der Waals surface area contributed by atoms with Gasteiger partial charge in [0, 0.05) is 24.3 Å². The van der Waals surface area contributed by atoms with Gasteiger partial charge in [0.05, 0.1) is 18.9 Å². The number of aromatic nitrogens is 2. The maximum atomic E-state index is 11.9. The van der Waals surface area contributed by atoms with Crippen molar-refractivity contribution in [3.05, 3.63) is 68.9 Å². The highest BCUT2D eigenvalue weighted by atomic mass is 16.5. The van der Waals surface area contributed by atoms with Crippen LogP contribution in [0.3, 0.4) is 0 Å². The normalized spacial score (nSPS) is 22.8. The van der Waals surface area contributed by atoms with Crippen LogP contribution in [0.2, 0.25) is 0 Å². The molecule has 1 aliphatic rings. The van der Waals surface area contributed by atoms with Crippen molar-refractivity contribution in [2.45, 2.75) is 38.3 Å². The Morgan fingerprint density at radius 3 is 3.04 bits per heavy atom. The summed E-state index contributed by atoms with van der Waals surface area (Å²) in [5, 5.41) is 12.8. The van der Waals surface area contributed by atoms with Gasteiger partial charge in [0.15, 0.2) is 0 Å². The van der Waals surface area contributed by atoms with Gasteiger partial charge in [-0.25, -0.2) is 4.79 Å². The number of hydrogen-bond acceptors (Lipinski definition) is 6. The molecule has 1 saturated heterocycles. The highest BCUT2D eigenvalue weighted by molar-refractivity contribution is 5.87. The predicted molar refractivity (Wildman–Crippen MR) is 90.3 cm³/mol. The number of aryl methyl sites for hydroxylation is 1. The van der Waals surface area contributed by atoms with Gasteiger partial charge in [0.1, 0.15) is 18.1 Å². The van der Waals surface area contributed by atoms with Crippen molar-refractivity contribution in [3.63, 3.8) is 0 Å². The van der Waals surface area contributed by atoms with Crippen LogP contribution in [0, 0.1) is 6.92 Å². The summed E-state index contributed by atoms with van der Waals surface area (Å²) in [5.41, 5.74) is -0.716. The first kappa shape index (κ1) is 17.9. The second kappa shape index (κ2) is 7.54. The van der Waals surface area contributed by atoms with E-state index in [9.17, 15) is 19.5 Å². The Kier molecular flexibility index (Phi) is 5.19. The van der Waals surface area contributed by atoms with Crippen LogP contribution in [0.5, 0.6) is 0 Å². The minimum Gasteiger partial charge on any atom is -0.467 e. The fourth-order valence-electron chi connectivity index (χ4n) is 2.65. The highest BCUT2D eigenvalue weighted by Gasteiger charge is 2.34. The lowest BCUT2D eigenvalue weighted by molar-refractivity contribution is -0.116. The van der Waals surface area contributed by atoms with Crippen molar-refractivity contribution in [2.75, 3.05) is 0 Å². The number of rotatable bonds is 5. The third kappa shape index (κ3) is 4.01. The first-order valence-electron chi connectivity index (χ1n) is 8.08. The fourth-order valence-corrected chi connectivity index (χ4v) is 2.65. The number of ether oxygens (including phenoxy) is 1. The van der Waals surface area contributed by atoms with Gasteiger partial charge in [-0.1, -0.05) is 0 Å². The lowest BCUT2D eigenvalue weighted by atomic mass is 10.1. The van der Waals surface area contributed by atoms with Crippen LogP contribution in [0.25, 0.3) is 0 Å². The van der Waals surface area contributed by atoms with Crippen LogP contribution in [-0.4, -0.2) is 32.8 Å². The summed E-state index contributed by atoms with van der Waals surface area (Å²) < 4.78 is 12.0. The number of amides is 1. The van der Waals surface area contributed by atoms with E-state index in [1.807, 2.05) is 0 Å². The van der Waals surface area contributed by atoms with Crippen molar-refractivity contribution in [1.29, 1.82) is 0 Å². The van der Waals surface area contributed by atoms with Crippen LogP contribution in [0.4, 0.5) is 0 Å². The molecule has 0 aromatic carbocycles. The maximum absolute atomic E-state index is 11.9. The second-order valence-corrected chi connectivity index (χ2v) is 5.99. The van der Waals surface area contributed by atoms with E-state index in [1.54, 1.807) is 19.1 Å². The molecule has 1 amide bonds. The van der Waals surface area contributed by atoms with Crippen molar-refractivity contribution >= 4 is 5.91 Å². The Labute approximate surface area is 147 Å². The van der Waals surface area contributed by atoms with Crippen LogP contribution in [0.15, 0.2) is 50.8 Å². The van der Waals surface area contributed by atoms with Crippen LogP contribution in [-0.2, 0) is 16.1 Å². The van der Waals surface area contributed by atoms with Gasteiger partial charge < -0.3 is 19.6 Å². The van der Waals surface area contributed by atoms with Gasteiger partial charge in [-0.3, -0.25) is 19.1 Å². The standard InChI is InChI=1S/C17H19N3O6/c1-10-9-20(17(24)19-16(10)23)15-7-12(21)13(26-15)4-5-14(22)18-8-11-3-2-6-25-11/h2-6,9,12-13,15,21H,7-8H2,1H3,(H,18,22)(H,19,23,24)/b5-4+/t12-,13+,15+/m0/s1. The molecule has 3 atom stereocenters. The van der Waals surface area contributed by atoms with Gasteiger partial charge in [-0.15, -0.1) is 0 Å². The minimum atomic E-state index is -0.881. The summed E-state index contributed by atoms with van der Waals surface area (Å²) in [6.07, 6.45) is 3.41. The molecule has 0 aliphatic carbocycles. The zero-order valence-corrected chi connectivity index (χ0v) is 14.0. The molecule has 3 rings (SSSR count). The topological polar surface area (TPSA) is 127 Å². The van der Waals surface area contributed by atoms with E-state index in [0.717, 1.165) is 0 Å². The number of aromatic amines is 1. The number of aliphatic hydroxyl groups excluding tert-OH is 1. The molecule has 0 radical (unpaired) electrons. The number of carbonyl (C=O) groups is 1. The molecule has 1 fully saturated rings. The van der Waals surface area contributed by atoms with Gasteiger partial charge >= 0.3 is 5.69 Å². The summed E-state index contributed by atoms with van der Waals surface area (Å²) in [4.78, 5) is 37.4. The molecule has 0 spiro atoms. The van der Waals surface area contributed by atoms with E-state index in [2.05, 4.69) is 10.3 Å². The molecule has 26 heavy (non-hydrogen) atoms. The number of furan rings is 1. The van der Waals surface area contributed by atoms with E-state index in [0.29, 0.717) is 11.3 Å². The molecular formula is C17H19N3O6. The largest absolute Gasteiger partial charge is 0.467 e. The van der Waals surface area contributed by atoms with E-state index in [1.165, 1.54) is 29.2 Å². The lowest BCUT2D eigenvalue weighted by Gasteiger charge is -2.14. The van der Waals surface area contributed by atoms with Crippen molar-refractivity contribution in [3.8, 4) is 0 Å². The molecule has 0 saturated carbocycles. The molecule has 138 valence electrons. The molecule has 0 bridgehead atoms. The third-order valence-corrected chi connectivity index (χ3v) is 4.05. The number of H-pyrrole nitrogens is 1. The Morgan fingerprint density at radius 1 is 1.50 bits per heavy atom. The number of carbonyl (C=O) groups excluding carboxylic acids is 1. The van der Waals surface area contributed by atoms with Crippen LogP contribution in [0.1, 0.15) is 24.0 Å². The highest BCUT2D eigenvalue weighted by Crippen LogP contribution is 2.28. The molecule has 2 aromatic rings. The molecule has 2 aromatic heterocycles. The summed E-state index contributed by atoms with van der Waals surface area (Å²) in [6, 6.07) is 3.46. The average Bonchev–Trinajstić information content (AvgIpc) is 3.24. The fraction of sp³-hybridized carbons (Fsp3) is 0.353. The predicted octanol–water partition coefficient (Wildman–Crippen LogP) is -0.0410. The molecule has 1 aliphatic heterocycles. The number of hydrogen-bond donors (Lipinski definition) is 3. The Balaban J connectivity index is 1.62. The number of nitrogens with one attached hydrogen (secondary N) is 2. The summed E-state index contributed by atoms with van der Waals surface area (Å²) in [5.74, 6) is 0.259. The molecular weight excluding hydrogens is 342 g/mol. The molecule has 3 heterocycles. The first-order valence-corrected chi connectivity index (χ1v) is 8.08. The van der Waals surface area contributed by atoms with Gasteiger partial charge in [0.2, 0.25) is 5.91 Å². The Hall–Kier alpha value is -2.91. The van der Waals surface area contributed by atoms with Gasteiger partial charge in [-0.05, 0) is 25.1 Å². The van der Waals surface area contributed by atoms with E-state index in [-0.39, 0.29) is 18.9 Å². The number of aliphatic hydroxyl groups is 1. The molecule has 9 nitrogen and oxygen atoms in total. The van der Waals surface area contributed by atoms with Crippen LogP contribution >= 0.6 is 0 Å². The molecule has 0 unspecified atom stereocenters. The minimum absolute atomic E-state index is 0.161. The lowest BCUT2D eigenvalue weighted by Crippen LogP contribution is -2.33. The van der Waals surface area contributed by atoms with Crippen molar-refractivity contribution < 1.29 is 19.1 Å². The Morgan fingerprint density at radius 2 is 2.31 bits per heavy atom. The monoisotopic (exact) mass is 361 g/mol. The maximum Gasteiger partial charge on any atom is 0.330 e. The summed E-state index contributed by atoms with van der Waals surface area (Å²) >= 11 is 0. The zero-order chi connectivity index (χ0) is 18.7. The van der Waals surface area contributed by atoms with Crippen LogP contribution < -0.4 is 16.6 Å². The first-order chi connectivity index (χ1) is 12.4. The Bertz CT molecular complexity index is 911. The van der Waals surface area contributed by atoms with E-state index >= 15 is 0 Å². The zero-order valence-electron chi connectivity index (χ0n) is 14.0. The van der Waals surface area contributed by atoms with Gasteiger partial charge in [-0.2, -0.15) is 0 Å². The molecule has 9 heteroatoms. The van der Waals surface area contributed by atoms with Crippen molar-refractivity contribution in [2.24, 2.45) is 0 Å².